The molecule has 3 aromatic rings. The maximum atomic E-state index is 12.4. The summed E-state index contributed by atoms with van der Waals surface area (Å²) >= 11 is 0.966. The molecule has 4 rings (SSSR count). The molecule has 0 aliphatic carbocycles. The Morgan fingerprint density at radius 3 is 2.55 bits per heavy atom. The number of amides is 1. The highest BCUT2D eigenvalue weighted by Crippen LogP contribution is 2.34. The molecule has 10 nitrogen and oxygen atoms in total. The van der Waals surface area contributed by atoms with Crippen LogP contribution in [0.4, 0.5) is 5.69 Å². The van der Waals surface area contributed by atoms with E-state index in [1.54, 1.807) is 18.2 Å². The van der Waals surface area contributed by atoms with Gasteiger partial charge in [-0.25, -0.2) is 13.1 Å². The second-order valence-electron chi connectivity index (χ2n) is 6.43. The standard InChI is InChI=1S/C19H16N4O6S2/c1-11(24)12-2-5-14(6-3-12)31(26,27)20-9-17-22-23-19(30-17)18(25)21-13-4-7-15-16(8-13)29-10-28-15/h2-8,20H,9-10H2,1H3,(H,21,25). The third-order valence-electron chi connectivity index (χ3n) is 4.28. The molecule has 0 spiro atoms. The lowest BCUT2D eigenvalue weighted by molar-refractivity contribution is 0.101. The van der Waals surface area contributed by atoms with E-state index in [0.29, 0.717) is 27.8 Å². The van der Waals surface area contributed by atoms with Crippen molar-refractivity contribution >= 4 is 38.7 Å². The van der Waals surface area contributed by atoms with Crippen LogP contribution >= 0.6 is 11.3 Å². The predicted molar refractivity (Wildman–Crippen MR) is 111 cm³/mol. The van der Waals surface area contributed by atoms with Crippen LogP contribution in [0, 0.1) is 0 Å². The van der Waals surface area contributed by atoms with Crippen molar-refractivity contribution < 1.29 is 27.5 Å². The maximum Gasteiger partial charge on any atom is 0.286 e. The molecule has 1 amide bonds. The smallest absolute Gasteiger partial charge is 0.286 e. The zero-order valence-electron chi connectivity index (χ0n) is 16.1. The van der Waals surface area contributed by atoms with Gasteiger partial charge in [0, 0.05) is 17.3 Å². The highest BCUT2D eigenvalue weighted by molar-refractivity contribution is 7.89. The quantitative estimate of drug-likeness (QED) is 0.512. The number of ether oxygens (including phenoxy) is 2. The van der Waals surface area contributed by atoms with Crippen molar-refractivity contribution in [2.45, 2.75) is 18.4 Å². The number of nitrogens with one attached hydrogen (secondary N) is 2. The zero-order valence-corrected chi connectivity index (χ0v) is 17.7. The molecular weight excluding hydrogens is 444 g/mol. The lowest BCUT2D eigenvalue weighted by atomic mass is 10.2. The highest BCUT2D eigenvalue weighted by atomic mass is 32.2. The van der Waals surface area contributed by atoms with Gasteiger partial charge in [-0.1, -0.05) is 23.5 Å². The second-order valence-corrected chi connectivity index (χ2v) is 9.26. The van der Waals surface area contributed by atoms with Crippen LogP contribution in [0.3, 0.4) is 0 Å². The van der Waals surface area contributed by atoms with Gasteiger partial charge in [0.05, 0.1) is 11.4 Å². The van der Waals surface area contributed by atoms with E-state index in [9.17, 15) is 18.0 Å². The summed E-state index contributed by atoms with van der Waals surface area (Å²) in [6.45, 7) is 1.40. The molecule has 1 aromatic heterocycles. The van der Waals surface area contributed by atoms with Crippen LogP contribution in [-0.4, -0.2) is 37.1 Å². The van der Waals surface area contributed by atoms with Gasteiger partial charge in [0.25, 0.3) is 5.91 Å². The fourth-order valence-corrected chi connectivity index (χ4v) is 4.44. The Morgan fingerprint density at radius 2 is 1.81 bits per heavy atom. The first-order chi connectivity index (χ1) is 14.8. The Morgan fingerprint density at radius 1 is 1.06 bits per heavy atom. The number of ketones is 1. The second kappa shape index (κ2) is 8.41. The summed E-state index contributed by atoms with van der Waals surface area (Å²) < 4.78 is 37.7. The van der Waals surface area contributed by atoms with Gasteiger partial charge in [-0.05, 0) is 31.2 Å². The van der Waals surface area contributed by atoms with E-state index in [-0.39, 0.29) is 29.0 Å². The minimum atomic E-state index is -3.82. The maximum absolute atomic E-state index is 12.4. The van der Waals surface area contributed by atoms with E-state index in [4.69, 9.17) is 9.47 Å². The Hall–Kier alpha value is -3.35. The highest BCUT2D eigenvalue weighted by Gasteiger charge is 2.19. The van der Waals surface area contributed by atoms with Crippen molar-refractivity contribution in [3.05, 3.63) is 58.0 Å². The summed E-state index contributed by atoms with van der Waals surface area (Å²) in [6, 6.07) is 10.6. The first-order valence-corrected chi connectivity index (χ1v) is 11.3. The fourth-order valence-electron chi connectivity index (χ4n) is 2.68. The molecule has 2 heterocycles. The number of hydrogen-bond acceptors (Lipinski definition) is 9. The van der Waals surface area contributed by atoms with E-state index in [2.05, 4.69) is 20.2 Å². The van der Waals surface area contributed by atoms with Gasteiger partial charge in [0.1, 0.15) is 5.01 Å². The SMILES string of the molecule is CC(=O)c1ccc(S(=O)(=O)NCc2nnc(C(=O)Nc3ccc4c(c3)OCO4)s2)cc1. The van der Waals surface area contributed by atoms with Crippen LogP contribution in [0.1, 0.15) is 32.1 Å². The van der Waals surface area contributed by atoms with E-state index in [1.165, 1.54) is 31.2 Å². The molecule has 160 valence electrons. The van der Waals surface area contributed by atoms with Gasteiger partial charge in [0.2, 0.25) is 21.8 Å². The number of carbonyl (C=O) groups is 2. The number of rotatable bonds is 7. The van der Waals surface area contributed by atoms with Gasteiger partial charge in [0.15, 0.2) is 17.3 Å². The van der Waals surface area contributed by atoms with Gasteiger partial charge in [-0.2, -0.15) is 0 Å². The lowest BCUT2D eigenvalue weighted by Crippen LogP contribution is -2.23. The Bertz CT molecular complexity index is 1250. The molecule has 0 unspecified atom stereocenters. The van der Waals surface area contributed by atoms with Crippen LogP contribution in [0.5, 0.6) is 11.5 Å². The van der Waals surface area contributed by atoms with Crippen molar-refractivity contribution in [1.29, 1.82) is 0 Å². The normalized spacial score (nSPS) is 12.5. The minimum absolute atomic E-state index is 0.0165. The number of hydrogen-bond donors (Lipinski definition) is 2. The third kappa shape index (κ3) is 4.71. The summed E-state index contributed by atoms with van der Waals surface area (Å²) in [5.74, 6) is 0.489. The summed E-state index contributed by atoms with van der Waals surface area (Å²) in [5.41, 5.74) is 0.918. The van der Waals surface area contributed by atoms with E-state index in [1.807, 2.05) is 0 Å². The zero-order chi connectivity index (χ0) is 22.0. The third-order valence-corrected chi connectivity index (χ3v) is 6.62. The van der Waals surface area contributed by atoms with Crippen LogP contribution in [-0.2, 0) is 16.6 Å². The number of sulfonamides is 1. The van der Waals surface area contributed by atoms with Gasteiger partial charge in [-0.3, -0.25) is 9.59 Å². The summed E-state index contributed by atoms with van der Waals surface area (Å²) in [4.78, 5) is 23.7. The van der Waals surface area contributed by atoms with Crippen molar-refractivity contribution in [3.8, 4) is 11.5 Å². The number of Topliss-reactive ketones (excluding diaryl/α,β-unsaturated/α-hetero) is 1. The number of fused-ring (bicyclic) bond motifs is 1. The van der Waals surface area contributed by atoms with Gasteiger partial charge < -0.3 is 14.8 Å². The van der Waals surface area contributed by atoms with Crippen molar-refractivity contribution in [2.24, 2.45) is 0 Å². The molecule has 12 heteroatoms. The molecule has 0 radical (unpaired) electrons. The number of anilines is 1. The van der Waals surface area contributed by atoms with Crippen molar-refractivity contribution in [3.63, 3.8) is 0 Å². The molecule has 2 aromatic carbocycles. The van der Waals surface area contributed by atoms with E-state index in [0.717, 1.165) is 11.3 Å². The molecule has 0 atom stereocenters. The van der Waals surface area contributed by atoms with Gasteiger partial charge >= 0.3 is 0 Å². The molecule has 1 aliphatic heterocycles. The molecule has 0 saturated heterocycles. The summed E-state index contributed by atoms with van der Waals surface area (Å²) in [6.07, 6.45) is 0. The largest absolute Gasteiger partial charge is 0.454 e. The summed E-state index contributed by atoms with van der Waals surface area (Å²) in [7, 11) is -3.82. The molecule has 0 saturated carbocycles. The van der Waals surface area contributed by atoms with Crippen LogP contribution in [0.2, 0.25) is 0 Å². The minimum Gasteiger partial charge on any atom is -0.454 e. The van der Waals surface area contributed by atoms with Crippen molar-refractivity contribution in [1.82, 2.24) is 14.9 Å². The Kier molecular flexibility index (Phi) is 5.67. The summed E-state index contributed by atoms with van der Waals surface area (Å²) in [5, 5.41) is 10.8. The van der Waals surface area contributed by atoms with E-state index >= 15 is 0 Å². The predicted octanol–water partition coefficient (Wildman–Crippen LogP) is 2.20. The lowest BCUT2D eigenvalue weighted by Gasteiger charge is -2.05. The molecule has 0 fully saturated rings. The Balaban J connectivity index is 1.38. The monoisotopic (exact) mass is 460 g/mol. The van der Waals surface area contributed by atoms with Crippen molar-refractivity contribution in [2.75, 3.05) is 12.1 Å². The number of carbonyl (C=O) groups excluding carboxylic acids is 2. The van der Waals surface area contributed by atoms with E-state index < -0.39 is 15.9 Å². The number of nitrogens with zero attached hydrogens (tertiary/aromatic N) is 2. The number of aromatic nitrogens is 2. The first kappa shape index (κ1) is 20.9. The van der Waals surface area contributed by atoms with Crippen LogP contribution in [0.25, 0.3) is 0 Å². The van der Waals surface area contributed by atoms with Crippen LogP contribution in [0.15, 0.2) is 47.4 Å². The molecule has 31 heavy (non-hydrogen) atoms. The number of benzene rings is 2. The Labute approximate surface area is 181 Å². The van der Waals surface area contributed by atoms with Gasteiger partial charge in [-0.15, -0.1) is 10.2 Å². The van der Waals surface area contributed by atoms with Crippen LogP contribution < -0.4 is 19.5 Å². The fraction of sp³-hybridized carbons (Fsp3) is 0.158. The molecule has 1 aliphatic rings. The molecular formula is C19H16N4O6S2. The molecule has 2 N–H and O–H groups in total. The first-order valence-electron chi connectivity index (χ1n) is 8.96. The average molecular weight is 460 g/mol. The average Bonchev–Trinajstić information content (AvgIpc) is 3.41. The topological polar surface area (TPSA) is 137 Å². The molecule has 0 bridgehead atoms.